The van der Waals surface area contributed by atoms with Crippen molar-refractivity contribution in [2.75, 3.05) is 0 Å². The molecule has 0 aliphatic rings. The van der Waals surface area contributed by atoms with E-state index in [-0.39, 0.29) is 23.2 Å². The van der Waals surface area contributed by atoms with Crippen LogP contribution in [0.5, 0.6) is 5.75 Å². The van der Waals surface area contributed by atoms with Crippen LogP contribution in [0.3, 0.4) is 0 Å². The fraction of sp³-hybridized carbons (Fsp3) is 0.357. The van der Waals surface area contributed by atoms with Crippen LogP contribution in [0.25, 0.3) is 0 Å². The van der Waals surface area contributed by atoms with Gasteiger partial charge < -0.3 is 14.5 Å². The van der Waals surface area contributed by atoms with Crippen molar-refractivity contribution in [2.45, 2.75) is 31.3 Å². The van der Waals surface area contributed by atoms with Gasteiger partial charge in [-0.25, -0.2) is 9.37 Å². The molecule has 1 heterocycles. The van der Waals surface area contributed by atoms with Crippen LogP contribution in [0.1, 0.15) is 31.3 Å². The molecule has 0 spiro atoms. The molecule has 8 heteroatoms. The summed E-state index contributed by atoms with van der Waals surface area (Å²) in [6.45, 7) is 3.79. The minimum absolute atomic E-state index is 0.0984. The Morgan fingerprint density at radius 3 is 2.64 bits per heavy atom. The lowest BCUT2D eigenvalue weighted by atomic mass is 10.1. The van der Waals surface area contributed by atoms with Crippen LogP contribution in [-0.4, -0.2) is 18.0 Å². The molecule has 120 valence electrons. The lowest BCUT2D eigenvalue weighted by Crippen LogP contribution is -2.14. The largest absolute Gasteiger partial charge is 0.378 e. The van der Waals surface area contributed by atoms with E-state index in [1.54, 1.807) is 11.6 Å². The summed E-state index contributed by atoms with van der Waals surface area (Å²) in [6, 6.07) is 4.93. The first-order chi connectivity index (χ1) is 10.3. The van der Waals surface area contributed by atoms with E-state index in [9.17, 15) is 12.8 Å². The van der Waals surface area contributed by atoms with Gasteiger partial charge in [-0.05, 0) is 18.1 Å². The van der Waals surface area contributed by atoms with Gasteiger partial charge in [-0.3, -0.25) is 0 Å². The predicted octanol–water partition coefficient (Wildman–Crippen LogP) is 1.91. The number of aromatic nitrogens is 2. The number of benzene rings is 1. The molecule has 0 aliphatic heterocycles. The molecule has 0 radical (unpaired) electrons. The third-order valence-electron chi connectivity index (χ3n) is 3.17. The highest BCUT2D eigenvalue weighted by atomic mass is 32.2. The molecule has 2 N–H and O–H groups in total. The van der Waals surface area contributed by atoms with E-state index in [1.807, 2.05) is 13.8 Å². The van der Waals surface area contributed by atoms with Gasteiger partial charge in [0.1, 0.15) is 17.4 Å². The average molecular weight is 327 g/mol. The van der Waals surface area contributed by atoms with E-state index in [1.165, 1.54) is 18.2 Å². The number of nitrogens with zero attached hydrogens (tertiary/aromatic N) is 2. The van der Waals surface area contributed by atoms with Gasteiger partial charge >= 0.3 is 10.1 Å². The smallest absolute Gasteiger partial charge is 0.358 e. The van der Waals surface area contributed by atoms with Crippen LogP contribution in [0.15, 0.2) is 29.3 Å². The Morgan fingerprint density at radius 2 is 2.09 bits per heavy atom. The summed E-state index contributed by atoms with van der Waals surface area (Å²) < 4.78 is 44.7. The van der Waals surface area contributed by atoms with Crippen molar-refractivity contribution in [1.82, 2.24) is 9.55 Å². The normalized spacial score (nSPS) is 11.9. The van der Waals surface area contributed by atoms with E-state index in [0.29, 0.717) is 11.5 Å². The van der Waals surface area contributed by atoms with Crippen molar-refractivity contribution in [3.05, 3.63) is 41.6 Å². The van der Waals surface area contributed by atoms with Crippen molar-refractivity contribution in [3.8, 4) is 5.75 Å². The fourth-order valence-electron chi connectivity index (χ4n) is 2.22. The van der Waals surface area contributed by atoms with Crippen molar-refractivity contribution < 1.29 is 17.0 Å². The molecule has 2 aromatic rings. The highest BCUT2D eigenvalue weighted by Crippen LogP contribution is 2.27. The zero-order valence-corrected chi connectivity index (χ0v) is 13.4. The minimum Gasteiger partial charge on any atom is -0.378 e. The van der Waals surface area contributed by atoms with Gasteiger partial charge in [0.2, 0.25) is 5.03 Å². The topological polar surface area (TPSA) is 87.2 Å². The highest BCUT2D eigenvalue weighted by molar-refractivity contribution is 7.87. The lowest BCUT2D eigenvalue weighted by Gasteiger charge is -2.11. The highest BCUT2D eigenvalue weighted by Gasteiger charge is 2.29. The Labute approximate surface area is 128 Å². The van der Waals surface area contributed by atoms with Crippen LogP contribution in [0, 0.1) is 5.82 Å². The first-order valence-electron chi connectivity index (χ1n) is 6.72. The van der Waals surface area contributed by atoms with Crippen molar-refractivity contribution in [2.24, 2.45) is 12.8 Å². The molecular weight excluding hydrogens is 309 g/mol. The van der Waals surface area contributed by atoms with Gasteiger partial charge in [-0.15, -0.1) is 0 Å². The maximum atomic E-state index is 13.2. The molecule has 1 aromatic heterocycles. The van der Waals surface area contributed by atoms with Crippen LogP contribution < -0.4 is 9.92 Å². The van der Waals surface area contributed by atoms with E-state index in [2.05, 4.69) is 4.98 Å². The summed E-state index contributed by atoms with van der Waals surface area (Å²) in [5, 5.41) is -0.185. The number of rotatable bonds is 5. The standard InChI is InChI=1S/C14H18FN3O3S/c1-9(2)13-14(17-12(8-16)18(13)3)22(19,20)21-11-6-4-5-10(15)7-11/h4-7,9H,8,16H2,1-3H3. The summed E-state index contributed by atoms with van der Waals surface area (Å²) in [4.78, 5) is 4.07. The Hall–Kier alpha value is -1.93. The molecule has 0 atom stereocenters. The zero-order valence-electron chi connectivity index (χ0n) is 12.6. The number of hydrogen-bond donors (Lipinski definition) is 1. The number of nitrogens with two attached hydrogens (primary N) is 1. The Balaban J connectivity index is 2.50. The van der Waals surface area contributed by atoms with Gasteiger partial charge in [0.25, 0.3) is 0 Å². The summed E-state index contributed by atoms with van der Waals surface area (Å²) in [7, 11) is -2.47. The zero-order chi connectivity index (χ0) is 16.5. The summed E-state index contributed by atoms with van der Waals surface area (Å²) in [6.07, 6.45) is 0. The second kappa shape index (κ2) is 6.05. The lowest BCUT2D eigenvalue weighted by molar-refractivity contribution is 0.477. The van der Waals surface area contributed by atoms with Gasteiger partial charge in [0.15, 0.2) is 0 Å². The van der Waals surface area contributed by atoms with Crippen molar-refractivity contribution >= 4 is 10.1 Å². The molecule has 0 bridgehead atoms. The molecule has 0 aliphatic carbocycles. The second-order valence-corrected chi connectivity index (χ2v) is 6.59. The Morgan fingerprint density at radius 1 is 1.41 bits per heavy atom. The number of halogens is 1. The van der Waals surface area contributed by atoms with Crippen LogP contribution >= 0.6 is 0 Å². The molecule has 0 fully saturated rings. The first kappa shape index (κ1) is 16.4. The molecule has 22 heavy (non-hydrogen) atoms. The summed E-state index contributed by atoms with van der Waals surface area (Å²) in [5.41, 5.74) is 6.08. The van der Waals surface area contributed by atoms with E-state index < -0.39 is 15.9 Å². The van der Waals surface area contributed by atoms with E-state index >= 15 is 0 Å². The third-order valence-corrected chi connectivity index (χ3v) is 4.35. The number of hydrogen-bond acceptors (Lipinski definition) is 5. The summed E-state index contributed by atoms with van der Waals surface area (Å²) >= 11 is 0. The maximum Gasteiger partial charge on any atom is 0.358 e. The average Bonchev–Trinajstić information content (AvgIpc) is 2.76. The molecule has 0 amide bonds. The summed E-state index contributed by atoms with van der Waals surface area (Å²) in [5.74, 6) is -0.348. The third kappa shape index (κ3) is 3.12. The van der Waals surface area contributed by atoms with Crippen molar-refractivity contribution in [3.63, 3.8) is 0 Å². The molecule has 0 unspecified atom stereocenters. The SMILES string of the molecule is CC(C)c1c(S(=O)(=O)Oc2cccc(F)c2)nc(CN)n1C. The quantitative estimate of drug-likeness (QED) is 0.848. The molecule has 2 rings (SSSR count). The van der Waals surface area contributed by atoms with Crippen LogP contribution in [0.4, 0.5) is 4.39 Å². The first-order valence-corrected chi connectivity index (χ1v) is 8.12. The van der Waals surface area contributed by atoms with E-state index in [0.717, 1.165) is 6.07 Å². The van der Waals surface area contributed by atoms with Gasteiger partial charge in [-0.2, -0.15) is 8.42 Å². The Kier molecular flexibility index (Phi) is 4.52. The van der Waals surface area contributed by atoms with Gasteiger partial charge in [0, 0.05) is 13.1 Å². The number of imidazole rings is 1. The van der Waals surface area contributed by atoms with Crippen molar-refractivity contribution in [1.29, 1.82) is 0 Å². The molecule has 1 aromatic carbocycles. The molecule has 0 saturated carbocycles. The Bertz CT molecular complexity index is 785. The predicted molar refractivity (Wildman–Crippen MR) is 79.4 cm³/mol. The fourth-order valence-corrected chi connectivity index (χ4v) is 3.50. The van der Waals surface area contributed by atoms with E-state index in [4.69, 9.17) is 9.92 Å². The van der Waals surface area contributed by atoms with Gasteiger partial charge in [0.05, 0.1) is 12.2 Å². The minimum atomic E-state index is -4.17. The van der Waals surface area contributed by atoms with Gasteiger partial charge in [-0.1, -0.05) is 19.9 Å². The second-order valence-electron chi connectivity index (χ2n) is 5.13. The monoisotopic (exact) mass is 327 g/mol. The van der Waals surface area contributed by atoms with Crippen LogP contribution in [-0.2, 0) is 23.7 Å². The van der Waals surface area contributed by atoms with Crippen LogP contribution in [0.2, 0.25) is 0 Å². The molecule has 6 nitrogen and oxygen atoms in total. The maximum absolute atomic E-state index is 13.2. The molecular formula is C14H18FN3O3S. The molecule has 0 saturated heterocycles.